The van der Waals surface area contributed by atoms with Crippen molar-refractivity contribution in [3.63, 3.8) is 0 Å². The van der Waals surface area contributed by atoms with Gasteiger partial charge in [0, 0.05) is 30.8 Å². The number of piperidine rings is 1. The first-order valence-electron chi connectivity index (χ1n) is 7.78. The predicted molar refractivity (Wildman–Crippen MR) is 89.5 cm³/mol. The largest absolute Gasteiger partial charge is 0.299 e. The zero-order valence-electron chi connectivity index (χ0n) is 13.1. The molecule has 0 radical (unpaired) electrons. The van der Waals surface area contributed by atoms with E-state index in [4.69, 9.17) is 0 Å². The number of hydrogen-bond acceptors (Lipinski definition) is 2. The van der Waals surface area contributed by atoms with Gasteiger partial charge in [-0.3, -0.25) is 9.69 Å². The molecule has 0 saturated carbocycles. The van der Waals surface area contributed by atoms with E-state index in [-0.39, 0.29) is 36.0 Å². The Bertz CT molecular complexity index is 567. The molecule has 1 aromatic rings. The molecular weight excluding hydrogens is 301 g/mol. The first-order valence-corrected chi connectivity index (χ1v) is 7.78. The fourth-order valence-electron chi connectivity index (χ4n) is 3.62. The summed E-state index contributed by atoms with van der Waals surface area (Å²) >= 11 is 0. The highest BCUT2D eigenvalue weighted by Gasteiger charge is 2.38. The van der Waals surface area contributed by atoms with Gasteiger partial charge in [0.05, 0.1) is 0 Å². The summed E-state index contributed by atoms with van der Waals surface area (Å²) in [6, 6.07) is 6.68. The number of fused-ring (bicyclic) bond motifs is 2. The molecule has 0 amide bonds. The summed E-state index contributed by atoms with van der Waals surface area (Å²) in [6.45, 7) is 6.86. The van der Waals surface area contributed by atoms with Crippen LogP contribution >= 0.6 is 12.4 Å². The lowest BCUT2D eigenvalue weighted by atomic mass is 9.72. The summed E-state index contributed by atoms with van der Waals surface area (Å²) in [5.41, 5.74) is 2.29. The van der Waals surface area contributed by atoms with E-state index in [0.717, 1.165) is 31.6 Å². The molecule has 3 atom stereocenters. The van der Waals surface area contributed by atoms with Crippen LogP contribution in [0.4, 0.5) is 4.39 Å². The third kappa shape index (κ3) is 3.26. The highest BCUT2D eigenvalue weighted by molar-refractivity contribution is 5.86. The van der Waals surface area contributed by atoms with Gasteiger partial charge in [0.15, 0.2) is 0 Å². The number of rotatable bonds is 3. The Hall–Kier alpha value is -1.19. The van der Waals surface area contributed by atoms with Gasteiger partial charge >= 0.3 is 0 Å². The number of hydrogen-bond donors (Lipinski definition) is 0. The maximum Gasteiger partial charge on any atom is 0.139 e. The first-order chi connectivity index (χ1) is 10.1. The number of nitrogens with zero attached hydrogens (tertiary/aromatic N) is 1. The Kier molecular flexibility index (Phi) is 5.41. The number of halogens is 2. The van der Waals surface area contributed by atoms with Crippen LogP contribution in [-0.2, 0) is 4.79 Å². The van der Waals surface area contributed by atoms with E-state index in [1.54, 1.807) is 0 Å². The van der Waals surface area contributed by atoms with Gasteiger partial charge in [0.25, 0.3) is 0 Å². The number of carbonyl (C=O) groups is 1. The van der Waals surface area contributed by atoms with Crippen LogP contribution in [0.25, 0.3) is 5.57 Å². The molecule has 0 N–H and O–H groups in total. The smallest absolute Gasteiger partial charge is 0.139 e. The molecule has 2 aliphatic heterocycles. The Labute approximate surface area is 137 Å². The third-order valence-corrected chi connectivity index (χ3v) is 4.78. The van der Waals surface area contributed by atoms with E-state index in [0.29, 0.717) is 5.78 Å². The van der Waals surface area contributed by atoms with Crippen molar-refractivity contribution in [3.05, 3.63) is 41.7 Å². The van der Waals surface area contributed by atoms with E-state index in [2.05, 4.69) is 11.0 Å². The zero-order chi connectivity index (χ0) is 15.0. The van der Waals surface area contributed by atoms with Crippen LogP contribution in [0.5, 0.6) is 0 Å². The Balaban J connectivity index is 0.00000176. The second-order valence-corrected chi connectivity index (χ2v) is 6.48. The molecule has 2 bridgehead atoms. The molecule has 1 saturated heterocycles. The van der Waals surface area contributed by atoms with E-state index in [9.17, 15) is 9.18 Å². The molecule has 3 rings (SSSR count). The minimum absolute atomic E-state index is 0. The van der Waals surface area contributed by atoms with Gasteiger partial charge < -0.3 is 0 Å². The molecule has 4 heteroatoms. The molecule has 1 aromatic carbocycles. The molecule has 0 spiro atoms. The maximum absolute atomic E-state index is 13.1. The van der Waals surface area contributed by atoms with Crippen LogP contribution in [-0.4, -0.2) is 30.3 Å². The summed E-state index contributed by atoms with van der Waals surface area (Å²) in [5.74, 6) is 0.605. The first kappa shape index (κ1) is 17.2. The van der Waals surface area contributed by atoms with Crippen LogP contribution in [0.2, 0.25) is 0 Å². The summed E-state index contributed by atoms with van der Waals surface area (Å²) in [6.07, 6.45) is 3.17. The normalized spacial score (nSPS) is 27.1. The van der Waals surface area contributed by atoms with Crippen LogP contribution in [0, 0.1) is 23.6 Å². The highest BCUT2D eigenvalue weighted by atomic mass is 35.5. The number of ketones is 1. The number of carbonyl (C=O) groups excluding carboxylic acids is 1. The van der Waals surface area contributed by atoms with Crippen molar-refractivity contribution in [1.82, 2.24) is 4.90 Å². The lowest BCUT2D eigenvalue weighted by molar-refractivity contribution is -0.128. The van der Waals surface area contributed by atoms with E-state index >= 15 is 0 Å². The second kappa shape index (κ2) is 6.93. The molecule has 120 valence electrons. The van der Waals surface area contributed by atoms with E-state index in [1.165, 1.54) is 17.7 Å². The average molecular weight is 324 g/mol. The van der Waals surface area contributed by atoms with Gasteiger partial charge in [-0.25, -0.2) is 4.39 Å². The van der Waals surface area contributed by atoms with Gasteiger partial charge in [0.2, 0.25) is 0 Å². The van der Waals surface area contributed by atoms with Gasteiger partial charge in [-0.1, -0.05) is 32.1 Å². The van der Waals surface area contributed by atoms with Crippen LogP contribution in [0.15, 0.2) is 30.3 Å². The molecule has 2 heterocycles. The second-order valence-electron chi connectivity index (χ2n) is 6.48. The molecule has 1 fully saturated rings. The summed E-state index contributed by atoms with van der Waals surface area (Å²) in [5, 5.41) is 0. The number of benzene rings is 1. The fourth-order valence-corrected chi connectivity index (χ4v) is 3.62. The standard InChI is InChI=1S/C18H22FNO.ClH/c1-12(2)18(21)16-8-10-20-9-7-15(17(16)11-20)13-3-5-14(19)6-4-13;/h3-7,12,16-17H,8-11H2,1-2H3;1H. The third-order valence-electron chi connectivity index (χ3n) is 4.78. The summed E-state index contributed by atoms with van der Waals surface area (Å²) in [4.78, 5) is 14.9. The summed E-state index contributed by atoms with van der Waals surface area (Å²) in [7, 11) is 0. The van der Waals surface area contributed by atoms with Crippen LogP contribution < -0.4 is 0 Å². The Morgan fingerprint density at radius 2 is 1.95 bits per heavy atom. The number of Topliss-reactive ketones (excluding diaryl/α,β-unsaturated/α-hetero) is 1. The summed E-state index contributed by atoms with van der Waals surface area (Å²) < 4.78 is 13.1. The van der Waals surface area contributed by atoms with Crippen molar-refractivity contribution in [3.8, 4) is 0 Å². The molecule has 2 aliphatic rings. The van der Waals surface area contributed by atoms with E-state index in [1.807, 2.05) is 26.0 Å². The monoisotopic (exact) mass is 323 g/mol. The van der Waals surface area contributed by atoms with Crippen molar-refractivity contribution in [2.24, 2.45) is 17.8 Å². The lowest BCUT2D eigenvalue weighted by Gasteiger charge is -2.42. The molecule has 0 aromatic heterocycles. The highest BCUT2D eigenvalue weighted by Crippen LogP contribution is 2.39. The lowest BCUT2D eigenvalue weighted by Crippen LogP contribution is -2.47. The van der Waals surface area contributed by atoms with Gasteiger partial charge in [0.1, 0.15) is 11.6 Å². The van der Waals surface area contributed by atoms with Crippen molar-refractivity contribution in [2.75, 3.05) is 19.6 Å². The molecule has 0 aliphatic carbocycles. The quantitative estimate of drug-likeness (QED) is 0.843. The Morgan fingerprint density at radius 3 is 2.59 bits per heavy atom. The van der Waals surface area contributed by atoms with E-state index < -0.39 is 0 Å². The van der Waals surface area contributed by atoms with Crippen molar-refractivity contribution >= 4 is 23.8 Å². The van der Waals surface area contributed by atoms with Gasteiger partial charge in [-0.05, 0) is 36.2 Å². The van der Waals surface area contributed by atoms with Crippen molar-refractivity contribution in [1.29, 1.82) is 0 Å². The predicted octanol–water partition coefficient (Wildman–Crippen LogP) is 3.81. The topological polar surface area (TPSA) is 20.3 Å². The molecular formula is C18H23ClFNO. The molecule has 22 heavy (non-hydrogen) atoms. The van der Waals surface area contributed by atoms with Crippen molar-refractivity contribution in [2.45, 2.75) is 20.3 Å². The van der Waals surface area contributed by atoms with Crippen LogP contribution in [0.1, 0.15) is 25.8 Å². The Morgan fingerprint density at radius 1 is 1.27 bits per heavy atom. The maximum atomic E-state index is 13.1. The van der Waals surface area contributed by atoms with Crippen LogP contribution in [0.3, 0.4) is 0 Å². The zero-order valence-corrected chi connectivity index (χ0v) is 13.9. The van der Waals surface area contributed by atoms with Gasteiger partial charge in [-0.15, -0.1) is 12.4 Å². The average Bonchev–Trinajstić information content (AvgIpc) is 2.48. The minimum atomic E-state index is -0.213. The molecule has 3 unspecified atom stereocenters. The minimum Gasteiger partial charge on any atom is -0.299 e. The van der Waals surface area contributed by atoms with Crippen molar-refractivity contribution < 1.29 is 9.18 Å². The SMILES string of the molecule is CC(C)C(=O)C1CCN2CC=C(c3ccc(F)cc3)C1C2.Cl. The molecule has 2 nitrogen and oxygen atoms in total. The fraction of sp³-hybridized carbons (Fsp3) is 0.500. The van der Waals surface area contributed by atoms with Gasteiger partial charge in [-0.2, -0.15) is 0 Å².